The Balaban J connectivity index is 2.73. The number of hydrogen-bond acceptors (Lipinski definition) is 3. The van der Waals surface area contributed by atoms with Crippen molar-refractivity contribution in [3.63, 3.8) is 0 Å². The molecule has 0 aliphatic rings. The van der Waals surface area contributed by atoms with Crippen LogP contribution in [0.15, 0.2) is 11.4 Å². The van der Waals surface area contributed by atoms with Crippen molar-refractivity contribution in [2.45, 2.75) is 27.7 Å². The molecule has 0 amide bonds. The lowest BCUT2D eigenvalue weighted by atomic mass is 9.95. The van der Waals surface area contributed by atoms with Crippen molar-refractivity contribution in [1.82, 2.24) is 4.98 Å². The van der Waals surface area contributed by atoms with E-state index in [1.807, 2.05) is 5.38 Å². The molecule has 0 saturated carbocycles. The van der Waals surface area contributed by atoms with Gasteiger partial charge in [0.15, 0.2) is 0 Å². The molecule has 2 nitrogen and oxygen atoms in total. The van der Waals surface area contributed by atoms with Crippen LogP contribution >= 0.6 is 11.3 Å². The number of thiazole rings is 1. The summed E-state index contributed by atoms with van der Waals surface area (Å²) in [6, 6.07) is 2.23. The topological polar surface area (TPSA) is 38.9 Å². The van der Waals surface area contributed by atoms with E-state index in [0.717, 1.165) is 5.01 Å². The minimum Gasteiger partial charge on any atom is -0.383 e. The highest BCUT2D eigenvalue weighted by atomic mass is 32.1. The van der Waals surface area contributed by atoms with E-state index in [-0.39, 0.29) is 0 Å². The van der Waals surface area contributed by atoms with E-state index < -0.39 is 0 Å². The molecule has 1 aromatic carbocycles. The average molecular weight is 232 g/mol. The Labute approximate surface area is 100 Å². The van der Waals surface area contributed by atoms with Gasteiger partial charge in [-0.1, -0.05) is 6.07 Å². The third kappa shape index (κ3) is 1.71. The Bertz CT molecular complexity index is 515. The summed E-state index contributed by atoms with van der Waals surface area (Å²) in [4.78, 5) is 4.38. The molecular formula is C13H16N2S. The first-order valence-electron chi connectivity index (χ1n) is 5.29. The molecule has 84 valence electrons. The van der Waals surface area contributed by atoms with Crippen LogP contribution in [0.5, 0.6) is 0 Å². The van der Waals surface area contributed by atoms with E-state index in [2.05, 4.69) is 38.7 Å². The van der Waals surface area contributed by atoms with Crippen molar-refractivity contribution in [2.24, 2.45) is 0 Å². The molecule has 2 rings (SSSR count). The van der Waals surface area contributed by atoms with Gasteiger partial charge in [0.1, 0.15) is 10.8 Å². The highest BCUT2D eigenvalue weighted by molar-refractivity contribution is 7.13. The van der Waals surface area contributed by atoms with Crippen LogP contribution in [-0.4, -0.2) is 4.98 Å². The first kappa shape index (κ1) is 11.1. The molecule has 0 bridgehead atoms. The zero-order chi connectivity index (χ0) is 11.9. The molecule has 0 aliphatic carbocycles. The number of nitrogens with two attached hydrogens (primary N) is 1. The van der Waals surface area contributed by atoms with Crippen LogP contribution in [-0.2, 0) is 0 Å². The number of nitrogen functional groups attached to an aromatic ring is 1. The van der Waals surface area contributed by atoms with Gasteiger partial charge in [0.2, 0.25) is 0 Å². The molecule has 0 radical (unpaired) electrons. The zero-order valence-corrected chi connectivity index (χ0v) is 10.9. The second kappa shape index (κ2) is 3.91. The maximum absolute atomic E-state index is 5.69. The SMILES string of the molecule is Cc1cc(C)c(C)c(-c2nc(N)cs2)c1C. The second-order valence-electron chi connectivity index (χ2n) is 4.21. The molecule has 0 aliphatic heterocycles. The highest BCUT2D eigenvalue weighted by Crippen LogP contribution is 2.33. The van der Waals surface area contributed by atoms with Crippen molar-refractivity contribution < 1.29 is 0 Å². The summed E-state index contributed by atoms with van der Waals surface area (Å²) in [5.41, 5.74) is 12.2. The Hall–Kier alpha value is -1.35. The lowest BCUT2D eigenvalue weighted by Crippen LogP contribution is -1.95. The molecule has 16 heavy (non-hydrogen) atoms. The Kier molecular flexibility index (Phi) is 2.72. The number of hydrogen-bond donors (Lipinski definition) is 1. The maximum Gasteiger partial charge on any atom is 0.135 e. The zero-order valence-electron chi connectivity index (χ0n) is 10.1. The Morgan fingerprint density at radius 1 is 1.06 bits per heavy atom. The molecular weight excluding hydrogens is 216 g/mol. The minimum atomic E-state index is 0.609. The van der Waals surface area contributed by atoms with Crippen molar-refractivity contribution in [1.29, 1.82) is 0 Å². The maximum atomic E-state index is 5.69. The Morgan fingerprint density at radius 3 is 2.06 bits per heavy atom. The largest absolute Gasteiger partial charge is 0.383 e. The summed E-state index contributed by atoms with van der Waals surface area (Å²) in [5.74, 6) is 0.609. The quantitative estimate of drug-likeness (QED) is 0.815. The van der Waals surface area contributed by atoms with Gasteiger partial charge in [-0.2, -0.15) is 0 Å². The van der Waals surface area contributed by atoms with Gasteiger partial charge in [-0.25, -0.2) is 4.98 Å². The van der Waals surface area contributed by atoms with Crippen LogP contribution in [0.25, 0.3) is 10.6 Å². The third-order valence-corrected chi connectivity index (χ3v) is 3.98. The number of anilines is 1. The van der Waals surface area contributed by atoms with Crippen molar-refractivity contribution in [3.8, 4) is 10.6 Å². The first-order chi connectivity index (χ1) is 7.50. The van der Waals surface area contributed by atoms with Gasteiger partial charge < -0.3 is 5.73 Å². The predicted molar refractivity (Wildman–Crippen MR) is 70.9 cm³/mol. The fourth-order valence-corrected chi connectivity index (χ4v) is 2.81. The van der Waals surface area contributed by atoms with E-state index in [4.69, 9.17) is 5.73 Å². The van der Waals surface area contributed by atoms with E-state index >= 15 is 0 Å². The molecule has 2 aromatic rings. The number of benzene rings is 1. The first-order valence-corrected chi connectivity index (χ1v) is 6.17. The number of rotatable bonds is 1. The fraction of sp³-hybridized carbons (Fsp3) is 0.308. The summed E-state index contributed by atoms with van der Waals surface area (Å²) in [7, 11) is 0. The normalized spacial score (nSPS) is 10.8. The van der Waals surface area contributed by atoms with Crippen LogP contribution in [0.3, 0.4) is 0 Å². The lowest BCUT2D eigenvalue weighted by molar-refractivity contribution is 1.23. The smallest absolute Gasteiger partial charge is 0.135 e. The van der Waals surface area contributed by atoms with E-state index in [0.29, 0.717) is 5.82 Å². The van der Waals surface area contributed by atoms with Gasteiger partial charge in [0, 0.05) is 10.9 Å². The molecule has 1 heterocycles. The van der Waals surface area contributed by atoms with Crippen molar-refractivity contribution in [3.05, 3.63) is 33.7 Å². The third-order valence-electron chi connectivity index (χ3n) is 3.10. The summed E-state index contributed by atoms with van der Waals surface area (Å²) in [6.45, 7) is 8.58. The summed E-state index contributed by atoms with van der Waals surface area (Å²) < 4.78 is 0. The predicted octanol–water partition coefficient (Wildman–Crippen LogP) is 3.63. The van der Waals surface area contributed by atoms with Crippen molar-refractivity contribution in [2.75, 3.05) is 5.73 Å². The standard InChI is InChI=1S/C13H16N2S/c1-7-5-8(2)10(4)12(9(7)3)13-15-11(14)6-16-13/h5-6H,14H2,1-4H3. The minimum absolute atomic E-state index is 0.609. The van der Waals surface area contributed by atoms with E-state index in [1.165, 1.54) is 27.8 Å². The van der Waals surface area contributed by atoms with Crippen LogP contribution in [0.2, 0.25) is 0 Å². The highest BCUT2D eigenvalue weighted by Gasteiger charge is 2.13. The molecule has 3 heteroatoms. The van der Waals surface area contributed by atoms with Gasteiger partial charge >= 0.3 is 0 Å². The molecule has 2 N–H and O–H groups in total. The molecule has 0 atom stereocenters. The summed E-state index contributed by atoms with van der Waals surface area (Å²) in [5, 5.41) is 2.92. The molecule has 1 aromatic heterocycles. The van der Waals surface area contributed by atoms with Crippen LogP contribution in [0.1, 0.15) is 22.3 Å². The summed E-state index contributed by atoms with van der Waals surface area (Å²) in [6.07, 6.45) is 0. The van der Waals surface area contributed by atoms with Crippen molar-refractivity contribution >= 4 is 17.2 Å². The summed E-state index contributed by atoms with van der Waals surface area (Å²) >= 11 is 1.61. The van der Waals surface area contributed by atoms with Crippen LogP contribution in [0, 0.1) is 27.7 Å². The monoisotopic (exact) mass is 232 g/mol. The molecule has 0 saturated heterocycles. The second-order valence-corrected chi connectivity index (χ2v) is 5.07. The van der Waals surface area contributed by atoms with Gasteiger partial charge in [-0.15, -0.1) is 11.3 Å². The van der Waals surface area contributed by atoms with Gasteiger partial charge in [0.25, 0.3) is 0 Å². The van der Waals surface area contributed by atoms with Gasteiger partial charge in [0.05, 0.1) is 0 Å². The average Bonchev–Trinajstić information content (AvgIpc) is 2.62. The molecule has 0 fully saturated rings. The number of aromatic nitrogens is 1. The van der Waals surface area contributed by atoms with E-state index in [1.54, 1.807) is 11.3 Å². The lowest BCUT2D eigenvalue weighted by Gasteiger charge is -2.12. The van der Waals surface area contributed by atoms with Crippen LogP contribution < -0.4 is 5.73 Å². The van der Waals surface area contributed by atoms with E-state index in [9.17, 15) is 0 Å². The fourth-order valence-electron chi connectivity index (χ4n) is 1.94. The Morgan fingerprint density at radius 2 is 1.62 bits per heavy atom. The molecule has 0 unspecified atom stereocenters. The number of aryl methyl sites for hydroxylation is 2. The molecule has 0 spiro atoms. The van der Waals surface area contributed by atoms with Gasteiger partial charge in [-0.05, 0) is 49.9 Å². The number of nitrogens with zero attached hydrogens (tertiary/aromatic N) is 1. The van der Waals surface area contributed by atoms with Crippen LogP contribution in [0.4, 0.5) is 5.82 Å². The van der Waals surface area contributed by atoms with Gasteiger partial charge in [-0.3, -0.25) is 0 Å².